The van der Waals surface area contributed by atoms with E-state index in [0.717, 1.165) is 21.4 Å². The number of hydrogen-bond acceptors (Lipinski definition) is 8. The standard InChI is InChI=1S/C28H23N3O6S/c1-14-10-16(3)23-21(11-14)38-28(29-23)30-24(17-6-5-7-19(13-17)31(35)36)22(26(33)27(30)34)25(32)18-8-9-20(37-4)15(2)12-18/h5-13,24,32H,1-4H3/b25-22+. The van der Waals surface area contributed by atoms with E-state index in [4.69, 9.17) is 4.74 Å². The lowest BCUT2D eigenvalue weighted by Gasteiger charge is -2.23. The molecule has 0 bridgehead atoms. The number of aliphatic hydroxyl groups excluding tert-OH is 1. The molecule has 1 aliphatic rings. The molecule has 3 aromatic carbocycles. The van der Waals surface area contributed by atoms with Gasteiger partial charge in [-0.15, -0.1) is 0 Å². The first-order chi connectivity index (χ1) is 18.1. The second-order valence-electron chi connectivity index (χ2n) is 9.13. The number of carbonyl (C=O) groups excluding carboxylic acids is 2. The molecule has 0 saturated carbocycles. The molecule has 0 aliphatic carbocycles. The average Bonchev–Trinajstić information content (AvgIpc) is 3.42. The highest BCUT2D eigenvalue weighted by Crippen LogP contribution is 2.45. The van der Waals surface area contributed by atoms with Crippen LogP contribution in [0.3, 0.4) is 0 Å². The molecule has 1 aromatic heterocycles. The first-order valence-corrected chi connectivity index (χ1v) is 12.5. The number of hydrogen-bond donors (Lipinski definition) is 1. The molecule has 10 heteroatoms. The van der Waals surface area contributed by atoms with Crippen LogP contribution in [0.1, 0.15) is 33.9 Å². The topological polar surface area (TPSA) is 123 Å². The van der Waals surface area contributed by atoms with Crippen molar-refractivity contribution in [1.29, 1.82) is 0 Å². The average molecular weight is 530 g/mol. The van der Waals surface area contributed by atoms with Gasteiger partial charge in [0.2, 0.25) is 0 Å². The number of Topliss-reactive ketones (excluding diaryl/α,β-unsaturated/α-hetero) is 1. The Morgan fingerprint density at radius 1 is 1.08 bits per heavy atom. The lowest BCUT2D eigenvalue weighted by Crippen LogP contribution is -2.29. The van der Waals surface area contributed by atoms with Gasteiger partial charge in [-0.25, -0.2) is 4.98 Å². The van der Waals surface area contributed by atoms with Gasteiger partial charge in [0.25, 0.3) is 11.5 Å². The molecule has 1 aliphatic heterocycles. The van der Waals surface area contributed by atoms with Gasteiger partial charge >= 0.3 is 5.91 Å². The van der Waals surface area contributed by atoms with Crippen LogP contribution < -0.4 is 9.64 Å². The molecule has 1 saturated heterocycles. The van der Waals surface area contributed by atoms with Crippen molar-refractivity contribution < 1.29 is 24.4 Å². The molecule has 38 heavy (non-hydrogen) atoms. The number of amides is 1. The molecule has 1 fully saturated rings. The van der Waals surface area contributed by atoms with Crippen molar-refractivity contribution in [3.63, 3.8) is 0 Å². The molecule has 1 atom stereocenters. The first kappa shape index (κ1) is 25.1. The van der Waals surface area contributed by atoms with E-state index in [1.807, 2.05) is 26.0 Å². The number of thiazole rings is 1. The summed E-state index contributed by atoms with van der Waals surface area (Å²) in [5.41, 5.74) is 3.59. The van der Waals surface area contributed by atoms with E-state index in [-0.39, 0.29) is 22.2 Å². The van der Waals surface area contributed by atoms with Gasteiger partial charge < -0.3 is 9.84 Å². The maximum absolute atomic E-state index is 13.5. The largest absolute Gasteiger partial charge is 0.507 e. The zero-order chi connectivity index (χ0) is 27.3. The number of benzene rings is 3. The molecule has 1 N–H and O–H groups in total. The zero-order valence-corrected chi connectivity index (χ0v) is 21.8. The van der Waals surface area contributed by atoms with Crippen molar-refractivity contribution in [3.05, 3.63) is 98.1 Å². The van der Waals surface area contributed by atoms with Crippen LogP contribution in [0.4, 0.5) is 10.8 Å². The van der Waals surface area contributed by atoms with E-state index in [2.05, 4.69) is 4.98 Å². The summed E-state index contributed by atoms with van der Waals surface area (Å²) in [6.07, 6.45) is 0. The summed E-state index contributed by atoms with van der Waals surface area (Å²) < 4.78 is 6.13. The summed E-state index contributed by atoms with van der Waals surface area (Å²) in [6, 6.07) is 13.4. The van der Waals surface area contributed by atoms with Gasteiger partial charge in [-0.1, -0.05) is 29.5 Å². The molecule has 5 rings (SSSR count). The number of nitrogens with zero attached hydrogens (tertiary/aromatic N) is 3. The fourth-order valence-electron chi connectivity index (χ4n) is 4.80. The highest BCUT2D eigenvalue weighted by atomic mass is 32.1. The number of methoxy groups -OCH3 is 1. The Morgan fingerprint density at radius 2 is 1.84 bits per heavy atom. The number of aliphatic hydroxyl groups is 1. The minimum Gasteiger partial charge on any atom is -0.507 e. The number of nitro groups is 1. The Kier molecular flexibility index (Phi) is 6.20. The summed E-state index contributed by atoms with van der Waals surface area (Å²) >= 11 is 1.24. The van der Waals surface area contributed by atoms with E-state index in [1.165, 1.54) is 41.5 Å². The molecule has 0 spiro atoms. The number of ketones is 1. The lowest BCUT2D eigenvalue weighted by molar-refractivity contribution is -0.384. The summed E-state index contributed by atoms with van der Waals surface area (Å²) in [7, 11) is 1.52. The molecule has 4 aromatic rings. The minimum atomic E-state index is -1.13. The second kappa shape index (κ2) is 9.38. The lowest BCUT2D eigenvalue weighted by atomic mass is 9.94. The summed E-state index contributed by atoms with van der Waals surface area (Å²) in [4.78, 5) is 43.8. The fraction of sp³-hybridized carbons (Fsp3) is 0.179. The smallest absolute Gasteiger partial charge is 0.301 e. The number of non-ortho nitro benzene ring substituents is 1. The second-order valence-corrected chi connectivity index (χ2v) is 10.1. The van der Waals surface area contributed by atoms with Gasteiger partial charge in [0.1, 0.15) is 11.5 Å². The summed E-state index contributed by atoms with van der Waals surface area (Å²) in [5, 5.41) is 23.2. The van der Waals surface area contributed by atoms with Crippen LogP contribution >= 0.6 is 11.3 Å². The summed E-state index contributed by atoms with van der Waals surface area (Å²) in [6.45, 7) is 5.66. The van der Waals surface area contributed by atoms with Crippen LogP contribution in [0.25, 0.3) is 16.0 Å². The maximum atomic E-state index is 13.5. The van der Waals surface area contributed by atoms with Gasteiger partial charge in [-0.3, -0.25) is 24.6 Å². The van der Waals surface area contributed by atoms with Crippen molar-refractivity contribution >= 4 is 49.8 Å². The van der Waals surface area contributed by atoms with Crippen molar-refractivity contribution in [3.8, 4) is 5.75 Å². The fourth-order valence-corrected chi connectivity index (χ4v) is 5.97. The van der Waals surface area contributed by atoms with Crippen molar-refractivity contribution in [2.24, 2.45) is 0 Å². The highest BCUT2D eigenvalue weighted by Gasteiger charge is 2.48. The van der Waals surface area contributed by atoms with Crippen LogP contribution in [0.2, 0.25) is 0 Å². The number of fused-ring (bicyclic) bond motifs is 1. The molecule has 9 nitrogen and oxygen atoms in total. The Balaban J connectivity index is 1.76. The van der Waals surface area contributed by atoms with Crippen molar-refractivity contribution in [2.45, 2.75) is 26.8 Å². The van der Waals surface area contributed by atoms with Gasteiger partial charge in [-0.05, 0) is 67.3 Å². The van der Waals surface area contributed by atoms with E-state index in [9.17, 15) is 24.8 Å². The Labute approximate surface area is 221 Å². The predicted molar refractivity (Wildman–Crippen MR) is 145 cm³/mol. The normalized spacial score (nSPS) is 16.8. The molecular weight excluding hydrogens is 506 g/mol. The monoisotopic (exact) mass is 529 g/mol. The number of aromatic nitrogens is 1. The number of carbonyl (C=O) groups is 2. The van der Waals surface area contributed by atoms with Gasteiger partial charge in [0, 0.05) is 17.7 Å². The van der Waals surface area contributed by atoms with Crippen molar-refractivity contribution in [2.75, 3.05) is 12.0 Å². The van der Waals surface area contributed by atoms with Crippen LogP contribution in [0.5, 0.6) is 5.75 Å². The molecule has 1 amide bonds. The Hall–Kier alpha value is -4.57. The molecule has 1 unspecified atom stereocenters. The van der Waals surface area contributed by atoms with Crippen LogP contribution in [-0.4, -0.2) is 33.8 Å². The van der Waals surface area contributed by atoms with Crippen LogP contribution in [0.15, 0.2) is 60.2 Å². The number of anilines is 1. The third-order valence-electron chi connectivity index (χ3n) is 6.53. The van der Waals surface area contributed by atoms with Crippen molar-refractivity contribution in [1.82, 2.24) is 4.98 Å². The van der Waals surface area contributed by atoms with Gasteiger partial charge in [-0.2, -0.15) is 0 Å². The van der Waals surface area contributed by atoms with E-state index in [0.29, 0.717) is 22.4 Å². The first-order valence-electron chi connectivity index (χ1n) is 11.7. The van der Waals surface area contributed by atoms with Gasteiger partial charge in [0.15, 0.2) is 5.13 Å². The third kappa shape index (κ3) is 4.08. The third-order valence-corrected chi connectivity index (χ3v) is 7.54. The molecule has 192 valence electrons. The minimum absolute atomic E-state index is 0.174. The van der Waals surface area contributed by atoms with Crippen LogP contribution in [-0.2, 0) is 9.59 Å². The number of ether oxygens (including phenoxy) is 1. The summed E-state index contributed by atoms with van der Waals surface area (Å²) in [5.74, 6) is -1.57. The SMILES string of the molecule is COc1ccc(/C(O)=C2\C(=O)C(=O)N(c3nc4c(C)cc(C)cc4s3)C2c2cccc([N+](=O)[O-])c2)cc1C. The number of nitro benzene ring substituents is 1. The zero-order valence-electron chi connectivity index (χ0n) is 21.0. The maximum Gasteiger partial charge on any atom is 0.301 e. The van der Waals surface area contributed by atoms with E-state index in [1.54, 1.807) is 31.2 Å². The van der Waals surface area contributed by atoms with E-state index >= 15 is 0 Å². The highest BCUT2D eigenvalue weighted by molar-refractivity contribution is 7.22. The van der Waals surface area contributed by atoms with E-state index < -0.39 is 22.7 Å². The quantitative estimate of drug-likeness (QED) is 0.115. The number of rotatable bonds is 5. The Bertz CT molecular complexity index is 1690. The molecule has 2 heterocycles. The number of aryl methyl sites for hydroxylation is 3. The predicted octanol–water partition coefficient (Wildman–Crippen LogP) is 5.76. The van der Waals surface area contributed by atoms with Gasteiger partial charge in [0.05, 0.1) is 33.9 Å². The molecular formula is C28H23N3O6S. The van der Waals surface area contributed by atoms with Crippen LogP contribution in [0, 0.1) is 30.9 Å². The Morgan fingerprint density at radius 3 is 2.53 bits per heavy atom. The molecule has 0 radical (unpaired) electrons.